The molecule has 0 amide bonds. The monoisotopic (exact) mass is 1380 g/mol. The molecule has 3 aliphatic heterocycles. The van der Waals surface area contributed by atoms with Crippen molar-refractivity contribution in [3.05, 3.63) is 47.6 Å². The fourth-order valence-electron chi connectivity index (χ4n) is 13.6. The molecule has 29 atom stereocenters. The third-order valence-corrected chi connectivity index (χ3v) is 20.9. The van der Waals surface area contributed by atoms with Crippen molar-refractivity contribution in [3.63, 3.8) is 0 Å². The van der Waals surface area contributed by atoms with Crippen molar-refractivity contribution in [2.75, 3.05) is 14.1 Å². The molecule has 3 rings (SSSR count). The fourth-order valence-corrected chi connectivity index (χ4v) is 13.6. The number of esters is 1. The van der Waals surface area contributed by atoms with Crippen LogP contribution < -0.4 is 0 Å². The minimum atomic E-state index is -2.26. The molecule has 2 bridgehead atoms. The van der Waals surface area contributed by atoms with Gasteiger partial charge in [0.25, 0.3) is 0 Å². The third kappa shape index (κ3) is 29.9. The van der Waals surface area contributed by atoms with Crippen LogP contribution in [0.25, 0.3) is 0 Å². The number of carbonyl (C=O) groups is 1. The normalized spacial score (nSPS) is 42.7. The number of aliphatic hydroxyl groups excluding tert-OH is 16. The summed E-state index contributed by atoms with van der Waals surface area (Å²) < 4.78 is 24.5. The van der Waals surface area contributed by atoms with Crippen LogP contribution in [0.4, 0.5) is 0 Å². The molecule has 5 unspecified atom stereocenters. The molecular formula is C73H133NO22. The summed E-state index contributed by atoms with van der Waals surface area (Å²) in [6, 6.07) is -0.781. The summed E-state index contributed by atoms with van der Waals surface area (Å²) in [6.45, 7) is 19.4. The average molecular weight is 1380 g/mol. The van der Waals surface area contributed by atoms with Crippen molar-refractivity contribution in [2.24, 2.45) is 41.4 Å². The Morgan fingerprint density at radius 2 is 1.19 bits per heavy atom. The van der Waals surface area contributed by atoms with Gasteiger partial charge in [0.2, 0.25) is 0 Å². The second-order valence-corrected chi connectivity index (χ2v) is 30.0. The van der Waals surface area contributed by atoms with Gasteiger partial charge in [-0.25, -0.2) is 0 Å². The first-order valence-corrected chi connectivity index (χ1v) is 36.0. The van der Waals surface area contributed by atoms with E-state index in [-0.39, 0.29) is 89.4 Å². The van der Waals surface area contributed by atoms with Crippen molar-refractivity contribution in [3.8, 4) is 0 Å². The maximum Gasteiger partial charge on any atom is 0.311 e. The number of unbranched alkanes of at least 4 members (excludes halogenated alkanes) is 1. The van der Waals surface area contributed by atoms with Gasteiger partial charge < -0.3 is 111 Å². The van der Waals surface area contributed by atoms with Gasteiger partial charge in [0.1, 0.15) is 12.2 Å². The quantitative estimate of drug-likeness (QED) is 0.0903. The molecule has 0 spiro atoms. The van der Waals surface area contributed by atoms with Crippen LogP contribution in [0.2, 0.25) is 0 Å². The van der Waals surface area contributed by atoms with E-state index in [0.717, 1.165) is 19.3 Å². The van der Waals surface area contributed by atoms with Crippen LogP contribution in [-0.2, 0) is 23.7 Å². The van der Waals surface area contributed by atoms with E-state index in [1.807, 2.05) is 0 Å². The molecule has 23 nitrogen and oxygen atoms in total. The zero-order chi connectivity index (χ0) is 72.5. The highest BCUT2D eigenvalue weighted by molar-refractivity contribution is 5.71. The molecule has 0 saturated carbocycles. The smallest absolute Gasteiger partial charge is 0.311 e. The lowest BCUT2D eigenvalue weighted by atomic mass is 9.80. The Kier molecular flexibility index (Phi) is 39.8. The zero-order valence-corrected chi connectivity index (χ0v) is 60.1. The van der Waals surface area contributed by atoms with Crippen molar-refractivity contribution in [1.82, 2.24) is 4.90 Å². The summed E-state index contributed by atoms with van der Waals surface area (Å²) in [7, 11) is 3.40. The molecule has 0 aromatic heterocycles. The van der Waals surface area contributed by atoms with E-state index in [4.69, 9.17) is 18.9 Å². The predicted octanol–water partition coefficient (Wildman–Crippen LogP) is 4.50. The van der Waals surface area contributed by atoms with Crippen LogP contribution in [0.3, 0.4) is 0 Å². The first kappa shape index (κ1) is 87.8. The van der Waals surface area contributed by atoms with Gasteiger partial charge in [0.05, 0.1) is 122 Å². The van der Waals surface area contributed by atoms with Gasteiger partial charge >= 0.3 is 5.97 Å². The van der Waals surface area contributed by atoms with Gasteiger partial charge in [-0.3, -0.25) is 4.79 Å². The SMILES string of the molecule is CC1=CC=CC[C@@H](O)[C@H](C)[C@@H](O)CCC[C@@H](O)C[C@H](O)C(C)=CC(CCCCC(C)C)[C@@H](O)C(O)CC[C@@H](O)C[C@H](O)C[C@@H](O)[C@@H](C)CC[C@@H](O)[C@H](C)[C@@H](O)CCC[C@H](O)C[C@H](O)C=CC(C)OC(=O)CC2(O)O[C@@H](C[C@H](OC3O[C@H](C)[C@@H](O)[C@H](N(C)C)[C@H]3O)[C@H]2C)[C@@H](C)[C@@H]1O. The van der Waals surface area contributed by atoms with E-state index in [9.17, 15) is 91.6 Å². The molecule has 2 fully saturated rings. The molecule has 562 valence electrons. The highest BCUT2D eigenvalue weighted by Crippen LogP contribution is 2.42. The Hall–Kier alpha value is -2.41. The third-order valence-electron chi connectivity index (χ3n) is 20.9. The molecule has 17 N–H and O–H groups in total. The summed E-state index contributed by atoms with van der Waals surface area (Å²) in [5, 5.41) is 191. The van der Waals surface area contributed by atoms with E-state index in [0.29, 0.717) is 42.7 Å². The molecule has 23 heteroatoms. The van der Waals surface area contributed by atoms with Crippen LogP contribution in [0, 0.1) is 41.4 Å². The van der Waals surface area contributed by atoms with E-state index < -0.39 is 182 Å². The largest absolute Gasteiger partial charge is 0.458 e. The Morgan fingerprint density at radius 3 is 1.80 bits per heavy atom. The lowest BCUT2D eigenvalue weighted by Crippen LogP contribution is -2.64. The number of likely N-dealkylation sites (N-methyl/N-ethyl adjacent to an activating group) is 1. The number of allylic oxidation sites excluding steroid dienone is 2. The molecule has 0 aromatic rings. The topological polar surface area (TPSA) is 401 Å². The molecule has 0 radical (unpaired) electrons. The summed E-state index contributed by atoms with van der Waals surface area (Å²) in [4.78, 5) is 15.4. The van der Waals surface area contributed by atoms with Crippen LogP contribution in [-0.4, -0.2) is 252 Å². The second-order valence-electron chi connectivity index (χ2n) is 30.0. The highest BCUT2D eigenvalue weighted by atomic mass is 16.7. The van der Waals surface area contributed by atoms with E-state index >= 15 is 0 Å². The highest BCUT2D eigenvalue weighted by Gasteiger charge is 2.53. The molecule has 2 saturated heterocycles. The number of cyclic esters (lactones) is 1. The number of fused-ring (bicyclic) bond motifs is 2. The van der Waals surface area contributed by atoms with E-state index in [2.05, 4.69) is 13.8 Å². The number of ether oxygens (including phenoxy) is 4. The van der Waals surface area contributed by atoms with Crippen LogP contribution in [0.5, 0.6) is 0 Å². The standard InChI is InChI=1S/C73H133NO22/c1-41(2)20-14-16-22-51-34-44(5)63(86)37-53(76)24-19-27-58(81)46(7)57(80)25-17-15-21-43(4)68(88)48(9)64-39-65(95-72-71(91)67(74(12)13)69(89)50(11)94-72)49(10)73(92,96-64)40-66(87)93-45(6)29-30-54(77)35-52(75)23-18-26-59(82)47(8)60(83)32-28-42(3)62(85)38-56(79)36-55(78)31-33-61(84)70(51)90/h15,17,21,29-30,34,41-42,45-65,67-72,75-86,88-92H,14,16,18-20,22-28,31-33,35-40H2,1-13H3/t42-,45?,46-,47+,48+,49+,50+,51?,52-,53+,54+,55+,56-,57+,58-,59-,60+,61?,62+,63-,64-,65-,67-,68+,69+,70+,71+,72?,73?/m0/s1. The molecule has 3 aliphatic rings. The summed E-state index contributed by atoms with van der Waals surface area (Å²) in [5.74, 6) is -6.42. The molecule has 0 aromatic carbocycles. The summed E-state index contributed by atoms with van der Waals surface area (Å²) >= 11 is 0. The zero-order valence-electron chi connectivity index (χ0n) is 60.1. The predicted molar refractivity (Wildman–Crippen MR) is 365 cm³/mol. The molecule has 0 aliphatic carbocycles. The van der Waals surface area contributed by atoms with Crippen molar-refractivity contribution < 1.29 is 111 Å². The molecule has 3 heterocycles. The number of rotatable bonds is 8. The maximum atomic E-state index is 13.7. The second kappa shape index (κ2) is 43.5. The van der Waals surface area contributed by atoms with Gasteiger partial charge in [-0.05, 0) is 161 Å². The van der Waals surface area contributed by atoms with Crippen LogP contribution in [0.15, 0.2) is 47.6 Å². The summed E-state index contributed by atoms with van der Waals surface area (Å²) in [6.07, 6.45) is -7.60. The minimum Gasteiger partial charge on any atom is -0.458 e. The maximum absolute atomic E-state index is 13.7. The van der Waals surface area contributed by atoms with Crippen molar-refractivity contribution >= 4 is 5.97 Å². The Bertz CT molecular complexity index is 2270. The Morgan fingerprint density at radius 1 is 0.604 bits per heavy atom. The Labute approximate surface area is 573 Å². The van der Waals surface area contributed by atoms with Crippen LogP contribution >= 0.6 is 0 Å². The number of aliphatic hydroxyl groups is 17. The average Bonchev–Trinajstić information content (AvgIpc) is 0.771. The van der Waals surface area contributed by atoms with Gasteiger partial charge in [0.15, 0.2) is 12.1 Å². The van der Waals surface area contributed by atoms with Crippen LogP contribution in [0.1, 0.15) is 211 Å². The van der Waals surface area contributed by atoms with Crippen molar-refractivity contribution in [1.29, 1.82) is 0 Å². The first-order valence-electron chi connectivity index (χ1n) is 36.0. The Balaban J connectivity index is 1.86. The van der Waals surface area contributed by atoms with E-state index in [1.165, 1.54) is 12.2 Å². The van der Waals surface area contributed by atoms with Gasteiger partial charge in [-0.1, -0.05) is 98.1 Å². The minimum absolute atomic E-state index is 0.00941. The number of hydrogen-bond donors (Lipinski definition) is 17. The first-order chi connectivity index (χ1) is 44.9. The molecular weight excluding hydrogens is 1240 g/mol. The molecule has 96 heavy (non-hydrogen) atoms. The number of nitrogens with zero attached hydrogens (tertiary/aromatic N) is 1. The van der Waals surface area contributed by atoms with Crippen molar-refractivity contribution in [2.45, 2.75) is 351 Å². The number of hydrogen-bond acceptors (Lipinski definition) is 23. The van der Waals surface area contributed by atoms with E-state index in [1.54, 1.807) is 106 Å². The van der Waals surface area contributed by atoms with Gasteiger partial charge in [-0.15, -0.1) is 0 Å². The lowest BCUT2D eigenvalue weighted by molar-refractivity contribution is -0.351. The number of carbonyl (C=O) groups excluding carboxylic acids is 1. The van der Waals surface area contributed by atoms with Gasteiger partial charge in [-0.2, -0.15) is 0 Å². The lowest BCUT2D eigenvalue weighted by Gasteiger charge is -2.50. The fraction of sp³-hybridized carbons (Fsp3) is 0.877. The van der Waals surface area contributed by atoms with Gasteiger partial charge in [0, 0.05) is 48.9 Å². The summed E-state index contributed by atoms with van der Waals surface area (Å²) in [5.41, 5.74) is 0.999.